The summed E-state index contributed by atoms with van der Waals surface area (Å²) in [5, 5.41) is 31.7. The molecule has 3 rings (SSSR count). The summed E-state index contributed by atoms with van der Waals surface area (Å²) >= 11 is 0. The number of rotatable bonds is 10. The lowest BCUT2D eigenvalue weighted by Crippen LogP contribution is -2.42. The molecule has 0 radical (unpaired) electrons. The van der Waals surface area contributed by atoms with Crippen LogP contribution in [0.2, 0.25) is 0 Å². The number of hydrogen-bond donors (Lipinski definition) is 4. The van der Waals surface area contributed by atoms with Crippen LogP contribution in [-0.2, 0) is 17.8 Å². The molecule has 0 aromatic heterocycles. The minimum atomic E-state index is -1.35. The number of carbonyl (C=O) groups is 4. The van der Waals surface area contributed by atoms with Crippen molar-refractivity contribution in [3.8, 4) is 11.5 Å². The first-order chi connectivity index (χ1) is 18.9. The number of aromatic hydroxyl groups is 2. The Balaban J connectivity index is 1.72. The van der Waals surface area contributed by atoms with Gasteiger partial charge in [0.25, 0.3) is 5.91 Å². The van der Waals surface area contributed by atoms with E-state index in [0.717, 1.165) is 5.56 Å². The number of phenols is 2. The number of anilines is 2. The maximum atomic E-state index is 13.2. The van der Waals surface area contributed by atoms with E-state index >= 15 is 0 Å². The summed E-state index contributed by atoms with van der Waals surface area (Å²) in [5.41, 5.74) is 2.45. The molecule has 3 aromatic rings. The van der Waals surface area contributed by atoms with Crippen LogP contribution in [-0.4, -0.2) is 78.6 Å². The molecule has 40 heavy (non-hydrogen) atoms. The van der Waals surface area contributed by atoms with Crippen molar-refractivity contribution in [1.29, 1.82) is 0 Å². The van der Waals surface area contributed by atoms with E-state index in [0.29, 0.717) is 35.3 Å². The van der Waals surface area contributed by atoms with Crippen molar-refractivity contribution in [1.82, 2.24) is 10.2 Å². The Morgan fingerprint density at radius 3 is 2.02 bits per heavy atom. The van der Waals surface area contributed by atoms with Gasteiger partial charge in [0.15, 0.2) is 6.29 Å². The number of nitrogens with zero attached hydrogens (tertiary/aromatic N) is 3. The fourth-order valence-corrected chi connectivity index (χ4v) is 4.19. The predicted octanol–water partition coefficient (Wildman–Crippen LogP) is 3.09. The van der Waals surface area contributed by atoms with Gasteiger partial charge in [-0.1, -0.05) is 24.3 Å². The molecule has 0 saturated carbocycles. The fourth-order valence-electron chi connectivity index (χ4n) is 4.19. The molecule has 0 heterocycles. The zero-order valence-corrected chi connectivity index (χ0v) is 22.7. The molecule has 0 aliphatic rings. The number of carboxylic acids is 1. The van der Waals surface area contributed by atoms with Crippen molar-refractivity contribution in [2.24, 2.45) is 0 Å². The molecular formula is C29H32N4O7. The smallest absolute Gasteiger partial charge is 0.328 e. The van der Waals surface area contributed by atoms with Crippen LogP contribution >= 0.6 is 0 Å². The molecule has 0 aliphatic heterocycles. The van der Waals surface area contributed by atoms with Gasteiger partial charge < -0.3 is 25.5 Å². The zero-order chi connectivity index (χ0) is 29.6. The second-order valence-electron chi connectivity index (χ2n) is 9.56. The Hall–Kier alpha value is -4.90. The first-order valence-corrected chi connectivity index (χ1v) is 12.3. The van der Waals surface area contributed by atoms with E-state index in [-0.39, 0.29) is 6.42 Å². The Bertz CT molecular complexity index is 1390. The van der Waals surface area contributed by atoms with Gasteiger partial charge in [-0.25, -0.2) is 9.59 Å². The Kier molecular flexibility index (Phi) is 9.46. The van der Waals surface area contributed by atoms with Crippen LogP contribution < -0.4 is 15.1 Å². The fraction of sp³-hybridized carbons (Fsp3) is 0.241. The summed E-state index contributed by atoms with van der Waals surface area (Å²) in [6.07, 6.45) is 0.625. The lowest BCUT2D eigenvalue weighted by atomic mass is 10.0. The van der Waals surface area contributed by atoms with Gasteiger partial charge >= 0.3 is 12.0 Å². The number of urea groups is 1. The molecule has 1 atom stereocenters. The molecule has 11 nitrogen and oxygen atoms in total. The minimum absolute atomic E-state index is 0.0880. The summed E-state index contributed by atoms with van der Waals surface area (Å²) in [6, 6.07) is 13.9. The van der Waals surface area contributed by atoms with Crippen LogP contribution in [0, 0.1) is 0 Å². The number of aliphatic carboxylic acids is 1. The summed E-state index contributed by atoms with van der Waals surface area (Å²) in [6.45, 7) is 0.647. The molecule has 4 N–H and O–H groups in total. The lowest BCUT2D eigenvalue weighted by Gasteiger charge is -2.26. The summed E-state index contributed by atoms with van der Waals surface area (Å²) in [7, 11) is 6.99. The van der Waals surface area contributed by atoms with E-state index in [2.05, 4.69) is 5.32 Å². The van der Waals surface area contributed by atoms with E-state index < -0.39 is 41.0 Å². The second-order valence-corrected chi connectivity index (χ2v) is 9.56. The molecule has 3 amide bonds. The molecular weight excluding hydrogens is 516 g/mol. The third-order valence-electron chi connectivity index (χ3n) is 6.27. The Labute approximate surface area is 231 Å². The van der Waals surface area contributed by atoms with E-state index in [4.69, 9.17) is 0 Å². The zero-order valence-electron chi connectivity index (χ0n) is 22.7. The standard InChI is InChI=1S/C29H32N4O7/c1-31(2)16-19-10-13-23(20(14-19)17-34)33(4)29(40)32(3)21-11-8-18(9-12-21)15-22(28(38)39)30-27(37)26-24(35)6-5-7-25(26)36/h5-14,17,22,35-36H,15-16H2,1-4H3,(H,30,37)(H,38,39)/t22-/m0/s1. The van der Waals surface area contributed by atoms with Crippen molar-refractivity contribution in [2.75, 3.05) is 38.0 Å². The first kappa shape index (κ1) is 29.7. The number of hydrogen-bond acceptors (Lipinski definition) is 7. The van der Waals surface area contributed by atoms with E-state index in [1.165, 1.54) is 28.0 Å². The highest BCUT2D eigenvalue weighted by Crippen LogP contribution is 2.27. The van der Waals surface area contributed by atoms with Gasteiger partial charge in [0.2, 0.25) is 0 Å². The molecule has 210 valence electrons. The average molecular weight is 549 g/mol. The highest BCUT2D eigenvalue weighted by molar-refractivity contribution is 6.05. The predicted molar refractivity (Wildman–Crippen MR) is 150 cm³/mol. The Morgan fingerprint density at radius 2 is 1.48 bits per heavy atom. The number of benzene rings is 3. The SMILES string of the molecule is CN(C)Cc1ccc(N(C)C(=O)N(C)c2ccc(C[C@H](NC(=O)c3c(O)cccc3O)C(=O)O)cc2)c(C=O)c1. The third kappa shape index (κ3) is 6.94. The van der Waals surface area contributed by atoms with Crippen LogP contribution in [0.15, 0.2) is 60.7 Å². The molecule has 3 aromatic carbocycles. The van der Waals surface area contributed by atoms with Gasteiger partial charge in [0.1, 0.15) is 23.1 Å². The number of aldehydes is 1. The van der Waals surface area contributed by atoms with Crippen LogP contribution in [0.5, 0.6) is 11.5 Å². The van der Waals surface area contributed by atoms with Crippen molar-refractivity contribution < 1.29 is 34.5 Å². The van der Waals surface area contributed by atoms with Crippen LogP contribution in [0.1, 0.15) is 31.8 Å². The van der Waals surface area contributed by atoms with Crippen LogP contribution in [0.25, 0.3) is 0 Å². The van der Waals surface area contributed by atoms with Crippen molar-refractivity contribution >= 4 is 35.6 Å². The van der Waals surface area contributed by atoms with Crippen LogP contribution in [0.3, 0.4) is 0 Å². The van der Waals surface area contributed by atoms with Gasteiger partial charge in [-0.05, 0) is 61.6 Å². The Morgan fingerprint density at radius 1 is 0.875 bits per heavy atom. The van der Waals surface area contributed by atoms with E-state index in [1.54, 1.807) is 50.5 Å². The molecule has 11 heteroatoms. The van der Waals surface area contributed by atoms with Gasteiger partial charge in [-0.3, -0.25) is 19.4 Å². The highest BCUT2D eigenvalue weighted by atomic mass is 16.4. The molecule has 0 spiro atoms. The van der Waals surface area contributed by atoms with Crippen molar-refractivity contribution in [3.63, 3.8) is 0 Å². The number of amides is 3. The number of phenolic OH excluding ortho intramolecular Hbond substituents is 2. The first-order valence-electron chi connectivity index (χ1n) is 12.3. The summed E-state index contributed by atoms with van der Waals surface area (Å²) < 4.78 is 0. The van der Waals surface area contributed by atoms with Crippen LogP contribution in [0.4, 0.5) is 16.2 Å². The lowest BCUT2D eigenvalue weighted by molar-refractivity contribution is -0.139. The third-order valence-corrected chi connectivity index (χ3v) is 6.27. The van der Waals surface area contributed by atoms with Gasteiger partial charge in [0, 0.05) is 38.3 Å². The number of carboxylic acid groups (broad SMARTS) is 1. The molecule has 0 fully saturated rings. The van der Waals surface area contributed by atoms with Gasteiger partial charge in [0.05, 0.1) is 5.69 Å². The van der Waals surface area contributed by atoms with Gasteiger partial charge in [-0.2, -0.15) is 0 Å². The number of nitrogens with one attached hydrogen (secondary N) is 1. The van der Waals surface area contributed by atoms with E-state index in [1.807, 2.05) is 25.1 Å². The largest absolute Gasteiger partial charge is 0.507 e. The van der Waals surface area contributed by atoms with Crippen molar-refractivity contribution in [2.45, 2.75) is 19.0 Å². The summed E-state index contributed by atoms with van der Waals surface area (Å²) in [5.74, 6) is -3.19. The topological polar surface area (TPSA) is 151 Å². The monoisotopic (exact) mass is 548 g/mol. The highest BCUT2D eigenvalue weighted by Gasteiger charge is 2.25. The maximum absolute atomic E-state index is 13.2. The average Bonchev–Trinajstić information content (AvgIpc) is 2.91. The normalized spacial score (nSPS) is 11.5. The quantitative estimate of drug-likeness (QED) is 0.282. The maximum Gasteiger partial charge on any atom is 0.328 e. The molecule has 0 bridgehead atoms. The molecule has 0 saturated heterocycles. The molecule has 0 aliphatic carbocycles. The number of carbonyl (C=O) groups excluding carboxylic acids is 3. The van der Waals surface area contributed by atoms with Gasteiger partial charge in [-0.15, -0.1) is 0 Å². The van der Waals surface area contributed by atoms with E-state index in [9.17, 15) is 34.5 Å². The minimum Gasteiger partial charge on any atom is -0.507 e. The molecule has 0 unspecified atom stereocenters. The van der Waals surface area contributed by atoms with Crippen molar-refractivity contribution in [3.05, 3.63) is 82.9 Å². The summed E-state index contributed by atoms with van der Waals surface area (Å²) in [4.78, 5) is 54.0. The second kappa shape index (κ2) is 12.8.